The summed E-state index contributed by atoms with van der Waals surface area (Å²) in [4.78, 5) is 0. The third-order valence-corrected chi connectivity index (χ3v) is 3.23. The fourth-order valence-electron chi connectivity index (χ4n) is 2.34. The third-order valence-electron chi connectivity index (χ3n) is 3.23. The Kier molecular flexibility index (Phi) is 7.39. The second-order valence-corrected chi connectivity index (χ2v) is 5.89. The summed E-state index contributed by atoms with van der Waals surface area (Å²) in [6, 6.07) is 9.19. The zero-order valence-corrected chi connectivity index (χ0v) is 13.0. The fourth-order valence-corrected chi connectivity index (χ4v) is 2.34. The SMILES string of the molecule is CCCCCNc1ccc(NC(C)CC(C)C)cc1. The molecule has 0 radical (unpaired) electrons. The van der Waals surface area contributed by atoms with Crippen LogP contribution in [-0.2, 0) is 0 Å². The Hall–Kier alpha value is -1.18. The molecule has 2 nitrogen and oxygen atoms in total. The molecule has 2 heteroatoms. The normalized spacial score (nSPS) is 12.5. The topological polar surface area (TPSA) is 24.1 Å². The molecule has 1 aromatic carbocycles. The molecule has 0 spiro atoms. The molecule has 0 saturated carbocycles. The summed E-state index contributed by atoms with van der Waals surface area (Å²) in [6.45, 7) is 10.1. The van der Waals surface area contributed by atoms with Gasteiger partial charge < -0.3 is 10.6 Å². The van der Waals surface area contributed by atoms with E-state index in [0.29, 0.717) is 6.04 Å². The highest BCUT2D eigenvalue weighted by molar-refractivity contribution is 5.53. The summed E-state index contributed by atoms with van der Waals surface area (Å²) in [7, 11) is 0. The highest BCUT2D eigenvalue weighted by Gasteiger charge is 2.04. The summed E-state index contributed by atoms with van der Waals surface area (Å²) >= 11 is 0. The van der Waals surface area contributed by atoms with Crippen LogP contribution in [0.3, 0.4) is 0 Å². The first-order valence-electron chi connectivity index (χ1n) is 7.72. The molecule has 19 heavy (non-hydrogen) atoms. The van der Waals surface area contributed by atoms with Crippen molar-refractivity contribution in [3.8, 4) is 0 Å². The zero-order chi connectivity index (χ0) is 14.1. The first-order chi connectivity index (χ1) is 9.11. The van der Waals surface area contributed by atoms with E-state index in [0.717, 1.165) is 12.5 Å². The summed E-state index contributed by atoms with van der Waals surface area (Å²) in [5, 5.41) is 7.01. The molecule has 1 atom stereocenters. The molecule has 0 saturated heterocycles. The lowest BCUT2D eigenvalue weighted by Gasteiger charge is -2.17. The monoisotopic (exact) mass is 262 g/mol. The quantitative estimate of drug-likeness (QED) is 0.602. The van der Waals surface area contributed by atoms with Crippen LogP contribution in [0.1, 0.15) is 53.4 Å². The average molecular weight is 262 g/mol. The van der Waals surface area contributed by atoms with Crippen LogP contribution in [-0.4, -0.2) is 12.6 Å². The minimum absolute atomic E-state index is 0.531. The highest BCUT2D eigenvalue weighted by atomic mass is 14.9. The minimum atomic E-state index is 0.531. The first kappa shape index (κ1) is 15.9. The van der Waals surface area contributed by atoms with Crippen LogP contribution < -0.4 is 10.6 Å². The molecule has 1 rings (SSSR count). The van der Waals surface area contributed by atoms with E-state index >= 15 is 0 Å². The van der Waals surface area contributed by atoms with Crippen molar-refractivity contribution in [2.45, 2.75) is 59.4 Å². The van der Waals surface area contributed by atoms with Crippen molar-refractivity contribution < 1.29 is 0 Å². The van der Waals surface area contributed by atoms with Crippen molar-refractivity contribution in [2.75, 3.05) is 17.2 Å². The Morgan fingerprint density at radius 3 is 2.16 bits per heavy atom. The zero-order valence-electron chi connectivity index (χ0n) is 13.0. The molecular weight excluding hydrogens is 232 g/mol. The molecule has 0 fully saturated rings. The average Bonchev–Trinajstić information content (AvgIpc) is 2.35. The number of hydrogen-bond donors (Lipinski definition) is 2. The molecule has 0 heterocycles. The van der Waals surface area contributed by atoms with Crippen molar-refractivity contribution in [1.82, 2.24) is 0 Å². The van der Waals surface area contributed by atoms with Crippen molar-refractivity contribution in [2.24, 2.45) is 5.92 Å². The van der Waals surface area contributed by atoms with Crippen LogP contribution >= 0.6 is 0 Å². The Morgan fingerprint density at radius 1 is 0.947 bits per heavy atom. The predicted octanol–water partition coefficient (Wildman–Crippen LogP) is 5.14. The van der Waals surface area contributed by atoms with Gasteiger partial charge in [-0.2, -0.15) is 0 Å². The van der Waals surface area contributed by atoms with E-state index in [1.165, 1.54) is 37.1 Å². The number of benzene rings is 1. The van der Waals surface area contributed by atoms with Gasteiger partial charge in [-0.1, -0.05) is 33.6 Å². The number of unbranched alkanes of at least 4 members (excludes halogenated alkanes) is 2. The molecule has 1 aromatic rings. The van der Waals surface area contributed by atoms with Gasteiger partial charge in [0.1, 0.15) is 0 Å². The van der Waals surface area contributed by atoms with Gasteiger partial charge >= 0.3 is 0 Å². The van der Waals surface area contributed by atoms with Gasteiger partial charge in [0.05, 0.1) is 0 Å². The Labute approximate surface area is 119 Å². The van der Waals surface area contributed by atoms with Crippen LogP contribution in [0.5, 0.6) is 0 Å². The summed E-state index contributed by atoms with van der Waals surface area (Å²) in [5.41, 5.74) is 2.44. The van der Waals surface area contributed by atoms with Gasteiger partial charge in [-0.3, -0.25) is 0 Å². The second kappa shape index (κ2) is 8.84. The van der Waals surface area contributed by atoms with Crippen molar-refractivity contribution in [3.63, 3.8) is 0 Å². The van der Waals surface area contributed by atoms with Crippen LogP contribution in [0.4, 0.5) is 11.4 Å². The molecular formula is C17H30N2. The number of nitrogens with one attached hydrogen (secondary N) is 2. The van der Waals surface area contributed by atoms with Gasteiger partial charge in [-0.15, -0.1) is 0 Å². The van der Waals surface area contributed by atoms with Gasteiger partial charge in [0.25, 0.3) is 0 Å². The third kappa shape index (κ3) is 7.09. The summed E-state index contributed by atoms with van der Waals surface area (Å²) in [5.74, 6) is 0.738. The number of rotatable bonds is 9. The van der Waals surface area contributed by atoms with Crippen molar-refractivity contribution in [1.29, 1.82) is 0 Å². The maximum atomic E-state index is 3.55. The molecule has 0 aliphatic carbocycles. The maximum absolute atomic E-state index is 3.55. The smallest absolute Gasteiger partial charge is 0.0343 e. The molecule has 0 aromatic heterocycles. The van der Waals surface area contributed by atoms with Crippen LogP contribution in [0, 0.1) is 5.92 Å². The molecule has 0 amide bonds. The Balaban J connectivity index is 2.34. The molecule has 2 N–H and O–H groups in total. The number of anilines is 2. The molecule has 0 aliphatic rings. The highest BCUT2D eigenvalue weighted by Crippen LogP contribution is 2.16. The van der Waals surface area contributed by atoms with Gasteiger partial charge in [-0.25, -0.2) is 0 Å². The van der Waals surface area contributed by atoms with E-state index in [2.05, 4.69) is 62.6 Å². The fraction of sp³-hybridized carbons (Fsp3) is 0.647. The van der Waals surface area contributed by atoms with Crippen molar-refractivity contribution in [3.05, 3.63) is 24.3 Å². The molecule has 0 bridgehead atoms. The van der Waals surface area contributed by atoms with Crippen LogP contribution in [0.15, 0.2) is 24.3 Å². The predicted molar refractivity (Wildman–Crippen MR) is 87.0 cm³/mol. The maximum Gasteiger partial charge on any atom is 0.0343 e. The van der Waals surface area contributed by atoms with E-state index in [9.17, 15) is 0 Å². The van der Waals surface area contributed by atoms with Crippen LogP contribution in [0.2, 0.25) is 0 Å². The van der Waals surface area contributed by atoms with Crippen molar-refractivity contribution >= 4 is 11.4 Å². The minimum Gasteiger partial charge on any atom is -0.385 e. The van der Waals surface area contributed by atoms with Gasteiger partial charge in [-0.05, 0) is 49.9 Å². The van der Waals surface area contributed by atoms with E-state index in [-0.39, 0.29) is 0 Å². The lowest BCUT2D eigenvalue weighted by atomic mass is 10.1. The van der Waals surface area contributed by atoms with Crippen LogP contribution in [0.25, 0.3) is 0 Å². The van der Waals surface area contributed by atoms with Gasteiger partial charge in [0.15, 0.2) is 0 Å². The Morgan fingerprint density at radius 2 is 1.58 bits per heavy atom. The largest absolute Gasteiger partial charge is 0.385 e. The second-order valence-electron chi connectivity index (χ2n) is 5.89. The molecule has 1 unspecified atom stereocenters. The van der Waals surface area contributed by atoms with E-state index in [1.807, 2.05) is 0 Å². The molecule has 108 valence electrons. The van der Waals surface area contributed by atoms with Gasteiger partial charge in [0.2, 0.25) is 0 Å². The molecule has 0 aliphatic heterocycles. The van der Waals surface area contributed by atoms with E-state index in [1.54, 1.807) is 0 Å². The van der Waals surface area contributed by atoms with E-state index < -0.39 is 0 Å². The summed E-state index contributed by atoms with van der Waals surface area (Å²) in [6.07, 6.45) is 5.04. The standard InChI is InChI=1S/C17H30N2/c1-5-6-7-12-18-16-8-10-17(11-9-16)19-15(4)13-14(2)3/h8-11,14-15,18-19H,5-7,12-13H2,1-4H3. The summed E-state index contributed by atoms with van der Waals surface area (Å²) < 4.78 is 0. The first-order valence-corrected chi connectivity index (χ1v) is 7.72. The lowest BCUT2D eigenvalue weighted by molar-refractivity contribution is 0.540. The van der Waals surface area contributed by atoms with E-state index in [4.69, 9.17) is 0 Å². The van der Waals surface area contributed by atoms with Gasteiger partial charge in [0, 0.05) is 24.0 Å². The lowest BCUT2D eigenvalue weighted by Crippen LogP contribution is -2.17. The Bertz CT molecular complexity index is 330. The number of hydrogen-bond acceptors (Lipinski definition) is 2.